The lowest BCUT2D eigenvalue weighted by Crippen LogP contribution is -2.15. The number of aryl methyl sites for hydroxylation is 1. The van der Waals surface area contributed by atoms with Gasteiger partial charge in [-0.2, -0.15) is 0 Å². The van der Waals surface area contributed by atoms with Crippen LogP contribution < -0.4 is 11.1 Å². The first-order valence-corrected chi connectivity index (χ1v) is 6.28. The number of carbonyl (C=O) groups is 1. The van der Waals surface area contributed by atoms with E-state index in [9.17, 15) is 4.79 Å². The highest BCUT2D eigenvalue weighted by atomic mass is 16.1. The number of amides is 1. The maximum atomic E-state index is 10.9. The maximum absolute atomic E-state index is 10.9. The number of carbonyl (C=O) groups excluding carboxylic acids is 1. The van der Waals surface area contributed by atoms with Crippen molar-refractivity contribution >= 4 is 16.8 Å². The molecule has 0 spiro atoms. The number of primary amides is 1. The summed E-state index contributed by atoms with van der Waals surface area (Å²) in [6.07, 6.45) is 2.39. The molecule has 1 amide bonds. The molecule has 0 radical (unpaired) electrons. The van der Waals surface area contributed by atoms with Crippen LogP contribution in [0.3, 0.4) is 0 Å². The highest BCUT2D eigenvalue weighted by molar-refractivity contribution is 5.83. The topological polar surface area (TPSA) is 60.1 Å². The summed E-state index contributed by atoms with van der Waals surface area (Å²) < 4.78 is 2.10. The first-order valence-electron chi connectivity index (χ1n) is 6.28. The predicted octanol–water partition coefficient (Wildman–Crippen LogP) is 1.63. The van der Waals surface area contributed by atoms with Crippen molar-refractivity contribution in [1.82, 2.24) is 9.88 Å². The molecule has 1 aromatic heterocycles. The summed E-state index contributed by atoms with van der Waals surface area (Å²) in [6.45, 7) is 4.51. The molecule has 4 heteroatoms. The van der Waals surface area contributed by atoms with Crippen molar-refractivity contribution in [2.24, 2.45) is 5.73 Å². The fourth-order valence-corrected chi connectivity index (χ4v) is 2.16. The number of fused-ring (bicyclic) bond motifs is 1. The molecule has 2 rings (SSSR count). The lowest BCUT2D eigenvalue weighted by atomic mass is 10.1. The van der Waals surface area contributed by atoms with Crippen LogP contribution in [0, 0.1) is 0 Å². The fraction of sp³-hybridized carbons (Fsp3) is 0.357. The molecule has 0 bridgehead atoms. The van der Waals surface area contributed by atoms with Gasteiger partial charge in [0.1, 0.15) is 0 Å². The number of rotatable bonds is 6. The molecule has 0 atom stereocenters. The predicted molar refractivity (Wildman–Crippen MR) is 73.1 cm³/mol. The number of benzene rings is 1. The summed E-state index contributed by atoms with van der Waals surface area (Å²) in [5.41, 5.74) is 7.65. The van der Waals surface area contributed by atoms with Gasteiger partial charge in [-0.1, -0.05) is 25.1 Å². The van der Waals surface area contributed by atoms with Gasteiger partial charge in [-0.3, -0.25) is 4.79 Å². The molecule has 0 aliphatic rings. The molecular weight excluding hydrogens is 226 g/mol. The molecule has 0 aliphatic carbocycles. The molecule has 0 unspecified atom stereocenters. The van der Waals surface area contributed by atoms with Crippen LogP contribution in [0.2, 0.25) is 0 Å². The van der Waals surface area contributed by atoms with Crippen LogP contribution in [0.5, 0.6) is 0 Å². The first-order chi connectivity index (χ1) is 8.72. The summed E-state index contributed by atoms with van der Waals surface area (Å²) in [7, 11) is 0. The number of hydrogen-bond donors (Lipinski definition) is 2. The monoisotopic (exact) mass is 245 g/mol. The van der Waals surface area contributed by atoms with Crippen LogP contribution in [0.15, 0.2) is 30.5 Å². The number of nitrogens with one attached hydrogen (secondary N) is 1. The molecule has 1 aromatic carbocycles. The van der Waals surface area contributed by atoms with Gasteiger partial charge in [0.15, 0.2) is 0 Å². The van der Waals surface area contributed by atoms with Crippen molar-refractivity contribution in [1.29, 1.82) is 0 Å². The van der Waals surface area contributed by atoms with Crippen LogP contribution in [0.25, 0.3) is 10.9 Å². The zero-order chi connectivity index (χ0) is 13.0. The molecule has 4 nitrogen and oxygen atoms in total. The van der Waals surface area contributed by atoms with Gasteiger partial charge in [0, 0.05) is 25.7 Å². The zero-order valence-electron chi connectivity index (χ0n) is 10.6. The van der Waals surface area contributed by atoms with Gasteiger partial charge in [-0.15, -0.1) is 0 Å². The Kier molecular flexibility index (Phi) is 3.99. The minimum absolute atomic E-state index is 0.263. The summed E-state index contributed by atoms with van der Waals surface area (Å²) >= 11 is 0. The van der Waals surface area contributed by atoms with Crippen molar-refractivity contribution in [2.75, 3.05) is 6.54 Å². The van der Waals surface area contributed by atoms with Crippen molar-refractivity contribution in [3.63, 3.8) is 0 Å². The quantitative estimate of drug-likeness (QED) is 0.812. The van der Waals surface area contributed by atoms with E-state index in [1.165, 1.54) is 16.5 Å². The van der Waals surface area contributed by atoms with Gasteiger partial charge in [0.2, 0.25) is 5.91 Å². The number of para-hydroxylation sites is 1. The van der Waals surface area contributed by atoms with Gasteiger partial charge < -0.3 is 15.6 Å². The Morgan fingerprint density at radius 1 is 1.39 bits per heavy atom. The summed E-state index contributed by atoms with van der Waals surface area (Å²) in [4.78, 5) is 10.9. The molecular formula is C14H19N3O. The van der Waals surface area contributed by atoms with E-state index in [1.807, 2.05) is 6.20 Å². The van der Waals surface area contributed by atoms with Crippen molar-refractivity contribution in [3.8, 4) is 0 Å². The molecule has 1 heterocycles. The van der Waals surface area contributed by atoms with E-state index in [4.69, 9.17) is 5.73 Å². The third-order valence-electron chi connectivity index (χ3n) is 3.04. The Morgan fingerprint density at radius 3 is 2.94 bits per heavy atom. The smallest absolute Gasteiger partial charge is 0.219 e. The SMILES string of the molecule is CCNCc1cccc2ccn(CCC(N)=O)c12. The Balaban J connectivity index is 2.32. The van der Waals surface area contributed by atoms with E-state index in [0.717, 1.165) is 13.1 Å². The van der Waals surface area contributed by atoms with Crippen LogP contribution in [0.4, 0.5) is 0 Å². The lowest BCUT2D eigenvalue weighted by molar-refractivity contribution is -0.118. The van der Waals surface area contributed by atoms with E-state index >= 15 is 0 Å². The van der Waals surface area contributed by atoms with Crippen molar-refractivity contribution in [2.45, 2.75) is 26.4 Å². The lowest BCUT2D eigenvalue weighted by Gasteiger charge is -2.09. The van der Waals surface area contributed by atoms with E-state index in [0.29, 0.717) is 13.0 Å². The number of aromatic nitrogens is 1. The first kappa shape index (κ1) is 12.6. The second kappa shape index (κ2) is 5.69. The number of hydrogen-bond acceptors (Lipinski definition) is 2. The van der Waals surface area contributed by atoms with Crippen LogP contribution >= 0.6 is 0 Å². The standard InChI is InChI=1S/C14H19N3O/c1-2-16-10-12-5-3-4-11-6-8-17(14(11)12)9-7-13(15)18/h3-6,8,16H,2,7,9-10H2,1H3,(H2,15,18). The van der Waals surface area contributed by atoms with E-state index < -0.39 is 0 Å². The maximum Gasteiger partial charge on any atom is 0.219 e. The third kappa shape index (κ3) is 2.71. The summed E-state index contributed by atoms with van der Waals surface area (Å²) in [5, 5.41) is 4.54. The van der Waals surface area contributed by atoms with Crippen LogP contribution in [-0.2, 0) is 17.9 Å². The van der Waals surface area contributed by atoms with Crippen LogP contribution in [-0.4, -0.2) is 17.0 Å². The van der Waals surface area contributed by atoms with Crippen LogP contribution in [0.1, 0.15) is 18.9 Å². The average Bonchev–Trinajstić information content (AvgIpc) is 2.77. The fourth-order valence-electron chi connectivity index (χ4n) is 2.16. The Morgan fingerprint density at radius 2 is 2.22 bits per heavy atom. The van der Waals surface area contributed by atoms with Gasteiger partial charge in [-0.05, 0) is 23.6 Å². The molecule has 3 N–H and O–H groups in total. The molecule has 0 fully saturated rings. The number of nitrogens with two attached hydrogens (primary N) is 1. The van der Waals surface area contributed by atoms with Gasteiger partial charge in [0.05, 0.1) is 5.52 Å². The molecule has 0 saturated carbocycles. The second-order valence-electron chi connectivity index (χ2n) is 4.36. The highest BCUT2D eigenvalue weighted by Crippen LogP contribution is 2.20. The average molecular weight is 245 g/mol. The van der Waals surface area contributed by atoms with Crippen molar-refractivity contribution < 1.29 is 4.79 Å². The summed E-state index contributed by atoms with van der Waals surface area (Å²) in [6, 6.07) is 8.34. The van der Waals surface area contributed by atoms with Gasteiger partial charge >= 0.3 is 0 Å². The summed E-state index contributed by atoms with van der Waals surface area (Å²) in [5.74, 6) is -0.263. The second-order valence-corrected chi connectivity index (χ2v) is 4.36. The minimum Gasteiger partial charge on any atom is -0.370 e. The van der Waals surface area contributed by atoms with Gasteiger partial charge in [-0.25, -0.2) is 0 Å². The molecule has 96 valence electrons. The number of nitrogens with zero attached hydrogens (tertiary/aromatic N) is 1. The Hall–Kier alpha value is -1.81. The molecule has 0 aliphatic heterocycles. The zero-order valence-corrected chi connectivity index (χ0v) is 10.6. The molecule has 2 aromatic rings. The van der Waals surface area contributed by atoms with E-state index in [1.54, 1.807) is 0 Å². The largest absolute Gasteiger partial charge is 0.370 e. The Labute approximate surface area is 107 Å². The molecule has 0 saturated heterocycles. The third-order valence-corrected chi connectivity index (χ3v) is 3.04. The van der Waals surface area contributed by atoms with E-state index in [-0.39, 0.29) is 5.91 Å². The highest BCUT2D eigenvalue weighted by Gasteiger charge is 2.06. The van der Waals surface area contributed by atoms with E-state index in [2.05, 4.69) is 41.1 Å². The molecule has 18 heavy (non-hydrogen) atoms. The van der Waals surface area contributed by atoms with Gasteiger partial charge in [0.25, 0.3) is 0 Å². The Bertz CT molecular complexity index is 545. The minimum atomic E-state index is -0.263. The van der Waals surface area contributed by atoms with Crippen molar-refractivity contribution in [3.05, 3.63) is 36.0 Å². The normalized spacial score (nSPS) is 10.9.